The van der Waals surface area contributed by atoms with E-state index in [-0.39, 0.29) is 0 Å². The maximum Gasteiger partial charge on any atom is 0.523 e. The van der Waals surface area contributed by atoms with Crippen molar-refractivity contribution in [1.29, 1.82) is 0 Å². The first-order valence-corrected chi connectivity index (χ1v) is 7.86. The van der Waals surface area contributed by atoms with Crippen LogP contribution in [0.15, 0.2) is 29.2 Å². The van der Waals surface area contributed by atoms with Gasteiger partial charge in [-0.25, -0.2) is 12.6 Å². The molecule has 8 nitrogen and oxygen atoms in total. The van der Waals surface area contributed by atoms with Crippen LogP contribution in [0.3, 0.4) is 0 Å². The van der Waals surface area contributed by atoms with Crippen molar-refractivity contribution in [2.45, 2.75) is 10.4 Å². The van der Waals surface area contributed by atoms with Gasteiger partial charge in [0.05, 0.1) is 9.82 Å². The topological polar surface area (TPSA) is 121 Å². The molecule has 0 radical (unpaired) electrons. The minimum Gasteiger partial charge on any atom is -0.258 e. The Kier molecular flexibility index (Phi) is 4.60. The molecule has 0 unspecified atom stereocenters. The number of nitro groups is 1. The molecule has 0 amide bonds. The summed E-state index contributed by atoms with van der Waals surface area (Å²) in [5.41, 5.74) is -6.20. The van der Waals surface area contributed by atoms with Crippen molar-refractivity contribution in [3.8, 4) is 0 Å². The number of benzene rings is 1. The Bertz CT molecular complexity index is 737. The number of nitrogens with zero attached hydrogens (tertiary/aromatic N) is 1. The minimum atomic E-state index is -6.05. The lowest BCUT2D eigenvalue weighted by Gasteiger charge is -2.08. The van der Waals surface area contributed by atoms with Gasteiger partial charge in [0.15, 0.2) is 5.94 Å². The van der Waals surface area contributed by atoms with Crippen molar-refractivity contribution in [3.05, 3.63) is 34.4 Å². The minimum absolute atomic E-state index is 0.446. The van der Waals surface area contributed by atoms with Crippen LogP contribution in [0.2, 0.25) is 0 Å². The molecule has 0 N–H and O–H groups in total. The van der Waals surface area contributed by atoms with Crippen LogP contribution in [0.5, 0.6) is 0 Å². The second kappa shape index (κ2) is 5.57. The zero-order chi connectivity index (χ0) is 16.5. The Labute approximate surface area is 116 Å². The lowest BCUT2D eigenvalue weighted by atomic mass is 10.3. The third-order valence-electron chi connectivity index (χ3n) is 2.05. The molecule has 0 aliphatic rings. The number of hydrogen-bond donors (Lipinski definition) is 0. The van der Waals surface area contributed by atoms with Crippen molar-refractivity contribution >= 4 is 25.6 Å². The largest absolute Gasteiger partial charge is 0.523 e. The van der Waals surface area contributed by atoms with Crippen molar-refractivity contribution in [3.63, 3.8) is 0 Å². The highest BCUT2D eigenvalue weighted by Gasteiger charge is 2.48. The van der Waals surface area contributed by atoms with E-state index in [0.29, 0.717) is 0 Å². The summed E-state index contributed by atoms with van der Waals surface area (Å²) in [6, 6.07) is 3.09. The van der Waals surface area contributed by atoms with Crippen molar-refractivity contribution in [2.24, 2.45) is 0 Å². The first kappa shape index (κ1) is 17.3. The summed E-state index contributed by atoms with van der Waals surface area (Å²) in [5, 5.41) is 10.4. The van der Waals surface area contributed by atoms with Gasteiger partial charge in [-0.15, -0.1) is 0 Å². The molecule has 1 rings (SSSR count). The summed E-state index contributed by atoms with van der Waals surface area (Å²) < 4.78 is 83.6. The van der Waals surface area contributed by atoms with Crippen LogP contribution >= 0.6 is 0 Å². The predicted molar refractivity (Wildman–Crippen MR) is 61.2 cm³/mol. The first-order valence-electron chi connectivity index (χ1n) is 4.80. The Hall–Kier alpha value is -1.73. The standard InChI is InChI=1S/C8H6F3NO7S2/c9-8(10,11)21(17,18)19-5-20(15,16)7-3-1-6(2-4-7)12(13)14/h1-4H,5H2. The van der Waals surface area contributed by atoms with Gasteiger partial charge in [-0.3, -0.25) is 10.1 Å². The van der Waals surface area contributed by atoms with Crippen molar-refractivity contribution in [2.75, 3.05) is 5.94 Å². The summed E-state index contributed by atoms with van der Waals surface area (Å²) >= 11 is 0. The van der Waals surface area contributed by atoms with Gasteiger partial charge in [0.2, 0.25) is 9.84 Å². The second-order valence-corrected chi connectivity index (χ2v) is 7.04. The summed E-state index contributed by atoms with van der Waals surface area (Å²) in [4.78, 5) is 8.92. The van der Waals surface area contributed by atoms with Gasteiger partial charge in [0.1, 0.15) is 0 Å². The molecule has 0 aliphatic heterocycles. The summed E-state index contributed by atoms with van der Waals surface area (Å²) in [6.07, 6.45) is 0. The van der Waals surface area contributed by atoms with E-state index in [1.54, 1.807) is 0 Å². The molecule has 0 spiro atoms. The number of hydrogen-bond acceptors (Lipinski definition) is 7. The van der Waals surface area contributed by atoms with Gasteiger partial charge in [-0.1, -0.05) is 0 Å². The number of alkyl halides is 3. The molecule has 13 heteroatoms. The molecular formula is C8H6F3NO7S2. The fourth-order valence-corrected chi connectivity index (χ4v) is 2.87. The Balaban J connectivity index is 2.95. The molecule has 0 bridgehead atoms. The van der Waals surface area contributed by atoms with Crippen LogP contribution in [-0.2, 0) is 24.1 Å². The third kappa shape index (κ3) is 4.12. The van der Waals surface area contributed by atoms with Gasteiger partial charge in [0.25, 0.3) is 5.69 Å². The molecule has 0 atom stereocenters. The fourth-order valence-electron chi connectivity index (χ4n) is 1.04. The molecule has 0 fully saturated rings. The van der Waals surface area contributed by atoms with Crippen LogP contribution in [-0.4, -0.2) is 33.2 Å². The molecule has 1 aromatic carbocycles. The predicted octanol–water partition coefficient (Wildman–Crippen LogP) is 1.19. The van der Waals surface area contributed by atoms with E-state index in [2.05, 4.69) is 4.18 Å². The van der Waals surface area contributed by atoms with E-state index < -0.39 is 46.9 Å². The summed E-state index contributed by atoms with van der Waals surface area (Å²) in [5.74, 6) is -1.77. The zero-order valence-electron chi connectivity index (χ0n) is 9.77. The van der Waals surface area contributed by atoms with Crippen LogP contribution in [0.25, 0.3) is 0 Å². The van der Waals surface area contributed by atoms with E-state index in [1.165, 1.54) is 0 Å². The van der Waals surface area contributed by atoms with E-state index in [4.69, 9.17) is 0 Å². The fraction of sp³-hybridized carbons (Fsp3) is 0.250. The number of non-ortho nitro benzene ring substituents is 1. The van der Waals surface area contributed by atoms with E-state index in [1.807, 2.05) is 0 Å². The van der Waals surface area contributed by atoms with E-state index in [9.17, 15) is 40.1 Å². The molecule has 0 saturated carbocycles. The quantitative estimate of drug-likeness (QED) is 0.339. The second-order valence-electron chi connectivity index (χ2n) is 3.50. The normalized spacial score (nSPS) is 13.1. The Morgan fingerprint density at radius 2 is 1.57 bits per heavy atom. The van der Waals surface area contributed by atoms with Crippen LogP contribution in [0.1, 0.15) is 0 Å². The Morgan fingerprint density at radius 3 is 1.95 bits per heavy atom. The van der Waals surface area contributed by atoms with Crippen molar-refractivity contribution in [1.82, 2.24) is 0 Å². The molecule has 0 aromatic heterocycles. The highest BCUT2D eigenvalue weighted by atomic mass is 32.2. The monoisotopic (exact) mass is 349 g/mol. The number of rotatable bonds is 5. The average molecular weight is 349 g/mol. The molecule has 0 heterocycles. The lowest BCUT2D eigenvalue weighted by Crippen LogP contribution is -2.27. The number of nitro benzene ring substituents is 1. The SMILES string of the molecule is O=[N+]([O-])c1ccc(S(=O)(=O)COS(=O)(=O)C(F)(F)F)cc1. The molecule has 21 heavy (non-hydrogen) atoms. The smallest absolute Gasteiger partial charge is 0.258 e. The zero-order valence-corrected chi connectivity index (χ0v) is 11.4. The van der Waals surface area contributed by atoms with Gasteiger partial charge in [-0.2, -0.15) is 21.6 Å². The summed E-state index contributed by atoms with van der Waals surface area (Å²) in [6.45, 7) is 0. The van der Waals surface area contributed by atoms with Gasteiger partial charge in [0, 0.05) is 12.1 Å². The highest BCUT2D eigenvalue weighted by molar-refractivity contribution is 7.92. The molecular weight excluding hydrogens is 343 g/mol. The number of halogens is 3. The van der Waals surface area contributed by atoms with Gasteiger partial charge >= 0.3 is 15.6 Å². The average Bonchev–Trinajstić information content (AvgIpc) is 2.35. The Morgan fingerprint density at radius 1 is 1.10 bits per heavy atom. The molecule has 0 saturated heterocycles. The maximum atomic E-state index is 12.0. The van der Waals surface area contributed by atoms with Gasteiger partial charge in [-0.05, 0) is 12.1 Å². The number of sulfone groups is 1. The highest BCUT2D eigenvalue weighted by Crippen LogP contribution is 2.26. The molecule has 118 valence electrons. The van der Waals surface area contributed by atoms with E-state index >= 15 is 0 Å². The van der Waals surface area contributed by atoms with Crippen LogP contribution < -0.4 is 0 Å². The molecule has 1 aromatic rings. The maximum absolute atomic E-state index is 12.0. The van der Waals surface area contributed by atoms with Crippen molar-refractivity contribution < 1.29 is 39.1 Å². The van der Waals surface area contributed by atoms with E-state index in [0.717, 1.165) is 24.3 Å². The first-order chi connectivity index (χ1) is 9.37. The molecule has 0 aliphatic carbocycles. The third-order valence-corrected chi connectivity index (χ3v) is 4.61. The van der Waals surface area contributed by atoms with Crippen LogP contribution in [0, 0.1) is 10.1 Å². The summed E-state index contributed by atoms with van der Waals surface area (Å²) in [7, 11) is -10.6. The lowest BCUT2D eigenvalue weighted by molar-refractivity contribution is -0.384. The van der Waals surface area contributed by atoms with Crippen LogP contribution in [0.4, 0.5) is 18.9 Å². The van der Waals surface area contributed by atoms with Gasteiger partial charge < -0.3 is 0 Å².